The lowest BCUT2D eigenvalue weighted by molar-refractivity contribution is 0.417. The monoisotopic (exact) mass is 355 g/mol. The molecule has 0 fully saturated rings. The van der Waals surface area contributed by atoms with Crippen LogP contribution in [-0.2, 0) is 6.54 Å². The SMILES string of the molecule is CCCCC(CC)CNCc1cccn1-c1nc2ccc(C)cc2s1. The Morgan fingerprint density at radius 1 is 1.24 bits per heavy atom. The van der Waals surface area contributed by atoms with Crippen LogP contribution in [0.4, 0.5) is 0 Å². The van der Waals surface area contributed by atoms with E-state index in [9.17, 15) is 0 Å². The van der Waals surface area contributed by atoms with Crippen molar-refractivity contribution in [3.63, 3.8) is 0 Å². The van der Waals surface area contributed by atoms with Crippen molar-refractivity contribution in [2.75, 3.05) is 6.54 Å². The number of hydrogen-bond acceptors (Lipinski definition) is 3. The molecule has 25 heavy (non-hydrogen) atoms. The fourth-order valence-corrected chi connectivity index (χ4v) is 4.30. The normalized spacial score (nSPS) is 12.8. The summed E-state index contributed by atoms with van der Waals surface area (Å²) in [4.78, 5) is 4.81. The van der Waals surface area contributed by atoms with Gasteiger partial charge in [-0.3, -0.25) is 4.57 Å². The summed E-state index contributed by atoms with van der Waals surface area (Å²) in [5.74, 6) is 0.786. The lowest BCUT2D eigenvalue weighted by Crippen LogP contribution is -2.23. The van der Waals surface area contributed by atoms with E-state index in [1.54, 1.807) is 11.3 Å². The van der Waals surface area contributed by atoms with E-state index in [-0.39, 0.29) is 0 Å². The number of fused-ring (bicyclic) bond motifs is 1. The average Bonchev–Trinajstić information content (AvgIpc) is 3.23. The number of nitrogens with zero attached hydrogens (tertiary/aromatic N) is 2. The van der Waals surface area contributed by atoms with Gasteiger partial charge in [-0.15, -0.1) is 0 Å². The summed E-state index contributed by atoms with van der Waals surface area (Å²) in [6.07, 6.45) is 7.33. The summed E-state index contributed by atoms with van der Waals surface area (Å²) in [6.45, 7) is 8.69. The van der Waals surface area contributed by atoms with Gasteiger partial charge in [0.25, 0.3) is 0 Å². The van der Waals surface area contributed by atoms with Crippen molar-refractivity contribution in [1.82, 2.24) is 14.9 Å². The van der Waals surface area contributed by atoms with Gasteiger partial charge in [0.2, 0.25) is 0 Å². The van der Waals surface area contributed by atoms with Crippen LogP contribution in [0.3, 0.4) is 0 Å². The van der Waals surface area contributed by atoms with E-state index in [1.165, 1.54) is 41.6 Å². The number of aromatic nitrogens is 2. The van der Waals surface area contributed by atoms with Gasteiger partial charge in [-0.25, -0.2) is 4.98 Å². The molecule has 3 aromatic rings. The number of rotatable bonds is 9. The molecule has 3 rings (SSSR count). The lowest BCUT2D eigenvalue weighted by atomic mass is 9.99. The Morgan fingerprint density at radius 3 is 2.92 bits per heavy atom. The molecule has 1 N–H and O–H groups in total. The second-order valence-electron chi connectivity index (χ2n) is 6.88. The van der Waals surface area contributed by atoms with E-state index in [4.69, 9.17) is 4.98 Å². The molecule has 0 saturated carbocycles. The van der Waals surface area contributed by atoms with Crippen LogP contribution in [0.25, 0.3) is 15.3 Å². The van der Waals surface area contributed by atoms with Gasteiger partial charge in [-0.1, -0.05) is 50.5 Å². The standard InChI is InChI=1S/C21H29N3S/c1-4-6-8-17(5-2)14-22-15-18-9-7-12-24(18)21-23-19-11-10-16(3)13-20(19)25-21/h7,9-13,17,22H,4-6,8,14-15H2,1-3H3. The van der Waals surface area contributed by atoms with E-state index in [0.717, 1.165) is 29.7 Å². The molecule has 4 heteroatoms. The number of benzene rings is 1. The van der Waals surface area contributed by atoms with E-state index in [0.29, 0.717) is 0 Å². The van der Waals surface area contributed by atoms with Crippen LogP contribution >= 0.6 is 11.3 Å². The summed E-state index contributed by atoms with van der Waals surface area (Å²) in [7, 11) is 0. The Morgan fingerprint density at radius 2 is 2.12 bits per heavy atom. The Bertz CT molecular complexity index is 802. The number of thiazole rings is 1. The molecule has 1 aromatic carbocycles. The molecule has 0 bridgehead atoms. The molecule has 0 amide bonds. The van der Waals surface area contributed by atoms with Crippen LogP contribution < -0.4 is 5.32 Å². The fraction of sp³-hybridized carbons (Fsp3) is 0.476. The summed E-state index contributed by atoms with van der Waals surface area (Å²) in [5.41, 5.74) is 3.65. The molecule has 1 atom stereocenters. The molecule has 2 aromatic heterocycles. The van der Waals surface area contributed by atoms with Crippen molar-refractivity contribution < 1.29 is 0 Å². The number of aryl methyl sites for hydroxylation is 1. The largest absolute Gasteiger partial charge is 0.311 e. The molecular weight excluding hydrogens is 326 g/mol. The maximum absolute atomic E-state index is 4.81. The zero-order valence-electron chi connectivity index (χ0n) is 15.6. The van der Waals surface area contributed by atoms with Gasteiger partial charge in [0.1, 0.15) is 0 Å². The van der Waals surface area contributed by atoms with Crippen molar-refractivity contribution in [3.8, 4) is 5.13 Å². The van der Waals surface area contributed by atoms with Crippen molar-refractivity contribution in [3.05, 3.63) is 47.8 Å². The van der Waals surface area contributed by atoms with Gasteiger partial charge in [-0.05, 0) is 55.6 Å². The van der Waals surface area contributed by atoms with Crippen LogP contribution in [0.5, 0.6) is 0 Å². The predicted octanol–water partition coefficient (Wildman–Crippen LogP) is 5.70. The molecule has 0 aliphatic carbocycles. The second-order valence-corrected chi connectivity index (χ2v) is 7.89. The van der Waals surface area contributed by atoms with Gasteiger partial charge < -0.3 is 5.32 Å². The highest BCUT2D eigenvalue weighted by atomic mass is 32.1. The van der Waals surface area contributed by atoms with Crippen molar-refractivity contribution in [2.24, 2.45) is 5.92 Å². The molecule has 134 valence electrons. The minimum atomic E-state index is 0.786. The number of unbranched alkanes of at least 4 members (excludes halogenated alkanes) is 1. The maximum atomic E-state index is 4.81. The van der Waals surface area contributed by atoms with Crippen LogP contribution in [0.15, 0.2) is 36.5 Å². The Labute approximate surface area is 155 Å². The molecule has 3 nitrogen and oxygen atoms in total. The first kappa shape index (κ1) is 18.2. The predicted molar refractivity (Wildman–Crippen MR) is 109 cm³/mol. The fourth-order valence-electron chi connectivity index (χ4n) is 3.22. The smallest absolute Gasteiger partial charge is 0.194 e. The van der Waals surface area contributed by atoms with Crippen LogP contribution in [-0.4, -0.2) is 16.1 Å². The van der Waals surface area contributed by atoms with Gasteiger partial charge in [-0.2, -0.15) is 0 Å². The third-order valence-corrected chi connectivity index (χ3v) is 5.87. The third kappa shape index (κ3) is 4.50. The zero-order valence-corrected chi connectivity index (χ0v) is 16.4. The molecule has 0 spiro atoms. The summed E-state index contributed by atoms with van der Waals surface area (Å²) >= 11 is 1.76. The lowest BCUT2D eigenvalue weighted by Gasteiger charge is -2.15. The third-order valence-electron chi connectivity index (χ3n) is 4.85. The number of hydrogen-bond donors (Lipinski definition) is 1. The Kier molecular flexibility index (Phi) is 6.27. The van der Waals surface area contributed by atoms with Gasteiger partial charge in [0.15, 0.2) is 5.13 Å². The molecule has 0 saturated heterocycles. The minimum Gasteiger partial charge on any atom is -0.311 e. The molecule has 0 aliphatic rings. The molecule has 0 radical (unpaired) electrons. The van der Waals surface area contributed by atoms with Crippen LogP contribution in [0.2, 0.25) is 0 Å². The van der Waals surface area contributed by atoms with Gasteiger partial charge in [0.05, 0.1) is 10.2 Å². The highest BCUT2D eigenvalue weighted by Gasteiger charge is 2.10. The van der Waals surface area contributed by atoms with E-state index in [1.807, 2.05) is 0 Å². The minimum absolute atomic E-state index is 0.786. The first-order valence-corrected chi connectivity index (χ1v) is 10.3. The molecular formula is C21H29N3S. The first-order valence-electron chi connectivity index (χ1n) is 9.45. The summed E-state index contributed by atoms with van der Waals surface area (Å²) in [6, 6.07) is 10.8. The summed E-state index contributed by atoms with van der Waals surface area (Å²) in [5, 5.41) is 4.71. The first-order chi connectivity index (χ1) is 12.2. The highest BCUT2D eigenvalue weighted by molar-refractivity contribution is 7.20. The summed E-state index contributed by atoms with van der Waals surface area (Å²) < 4.78 is 3.48. The topological polar surface area (TPSA) is 29.9 Å². The van der Waals surface area contributed by atoms with E-state index in [2.05, 4.69) is 67.2 Å². The van der Waals surface area contributed by atoms with E-state index < -0.39 is 0 Å². The van der Waals surface area contributed by atoms with Gasteiger partial charge in [0, 0.05) is 18.4 Å². The Hall–Kier alpha value is -1.65. The van der Waals surface area contributed by atoms with Crippen molar-refractivity contribution in [2.45, 2.75) is 53.0 Å². The van der Waals surface area contributed by atoms with Crippen LogP contribution in [0, 0.1) is 12.8 Å². The molecule has 0 aliphatic heterocycles. The van der Waals surface area contributed by atoms with Crippen LogP contribution in [0.1, 0.15) is 50.8 Å². The Balaban J connectivity index is 1.67. The quantitative estimate of drug-likeness (QED) is 0.533. The second kappa shape index (κ2) is 8.63. The average molecular weight is 356 g/mol. The van der Waals surface area contributed by atoms with Gasteiger partial charge >= 0.3 is 0 Å². The van der Waals surface area contributed by atoms with Crippen molar-refractivity contribution in [1.29, 1.82) is 0 Å². The van der Waals surface area contributed by atoms with Crippen molar-refractivity contribution >= 4 is 21.6 Å². The zero-order chi connectivity index (χ0) is 17.6. The maximum Gasteiger partial charge on any atom is 0.194 e. The van der Waals surface area contributed by atoms with E-state index >= 15 is 0 Å². The highest BCUT2D eigenvalue weighted by Crippen LogP contribution is 2.27. The molecule has 2 heterocycles. The number of nitrogens with one attached hydrogen (secondary N) is 1. The molecule has 1 unspecified atom stereocenters.